The maximum atomic E-state index is 13.9. The molecule has 0 aliphatic heterocycles. The zero-order chi connectivity index (χ0) is 13.9. The molecule has 2 aromatic rings. The van der Waals surface area contributed by atoms with Crippen molar-refractivity contribution >= 4 is 5.69 Å². The number of hydrogen-bond acceptors (Lipinski definition) is 2. The molecule has 100 valence electrons. The molecule has 4 heteroatoms. The van der Waals surface area contributed by atoms with Crippen LogP contribution in [0.1, 0.15) is 11.1 Å². The van der Waals surface area contributed by atoms with Gasteiger partial charge in [0.25, 0.3) is 0 Å². The molecule has 2 aromatic carbocycles. The Morgan fingerprint density at radius 3 is 2.37 bits per heavy atom. The third-order valence-corrected chi connectivity index (χ3v) is 2.84. The van der Waals surface area contributed by atoms with Crippen molar-refractivity contribution in [2.75, 3.05) is 12.3 Å². The quantitative estimate of drug-likeness (QED) is 0.853. The molecule has 0 radical (unpaired) electrons. The number of anilines is 1. The maximum absolute atomic E-state index is 13.9. The largest absolute Gasteiger partial charge is 0.484 e. The normalized spacial score (nSPS) is 11.3. The number of nitrogen functional groups attached to an aromatic ring is 1. The number of alkyl halides is 2. The Morgan fingerprint density at radius 2 is 1.74 bits per heavy atom. The molecule has 0 unspecified atom stereocenters. The summed E-state index contributed by atoms with van der Waals surface area (Å²) in [6.45, 7) is 1.04. The van der Waals surface area contributed by atoms with Gasteiger partial charge in [-0.15, -0.1) is 0 Å². The number of para-hydroxylation sites is 1. The van der Waals surface area contributed by atoms with Crippen molar-refractivity contribution in [2.45, 2.75) is 12.8 Å². The second-order valence-electron chi connectivity index (χ2n) is 4.35. The fraction of sp³-hybridized carbons (Fsp3) is 0.200. The highest BCUT2D eigenvalue weighted by Gasteiger charge is 2.32. The molecule has 0 atom stereocenters. The number of rotatable bonds is 4. The van der Waals surface area contributed by atoms with Crippen molar-refractivity contribution in [1.82, 2.24) is 0 Å². The van der Waals surface area contributed by atoms with Crippen molar-refractivity contribution in [3.63, 3.8) is 0 Å². The van der Waals surface area contributed by atoms with Crippen LogP contribution in [0, 0.1) is 6.92 Å². The van der Waals surface area contributed by atoms with Gasteiger partial charge in [0.1, 0.15) is 5.75 Å². The van der Waals surface area contributed by atoms with Crippen LogP contribution in [0.25, 0.3) is 0 Å². The van der Waals surface area contributed by atoms with Gasteiger partial charge in [-0.05, 0) is 18.6 Å². The van der Waals surface area contributed by atoms with Crippen LogP contribution in [0.15, 0.2) is 48.5 Å². The Morgan fingerprint density at radius 1 is 1.05 bits per heavy atom. The van der Waals surface area contributed by atoms with Crippen LogP contribution >= 0.6 is 0 Å². The number of nitrogens with two attached hydrogens (primary N) is 1. The van der Waals surface area contributed by atoms with Crippen LogP contribution in [-0.4, -0.2) is 6.61 Å². The second kappa shape index (κ2) is 5.26. The van der Waals surface area contributed by atoms with E-state index in [-0.39, 0.29) is 5.56 Å². The zero-order valence-electron chi connectivity index (χ0n) is 10.6. The summed E-state index contributed by atoms with van der Waals surface area (Å²) in [6.07, 6.45) is 0. The first-order valence-corrected chi connectivity index (χ1v) is 5.92. The smallest absolute Gasteiger partial charge is 0.306 e. The van der Waals surface area contributed by atoms with Gasteiger partial charge in [0, 0.05) is 5.56 Å². The van der Waals surface area contributed by atoms with Gasteiger partial charge in [-0.1, -0.05) is 42.5 Å². The van der Waals surface area contributed by atoms with Gasteiger partial charge >= 0.3 is 5.92 Å². The Hall–Kier alpha value is -2.10. The van der Waals surface area contributed by atoms with Gasteiger partial charge in [-0.2, -0.15) is 8.78 Å². The summed E-state index contributed by atoms with van der Waals surface area (Å²) in [6, 6.07) is 12.8. The molecule has 0 saturated carbocycles. The van der Waals surface area contributed by atoms with Gasteiger partial charge in [0.2, 0.25) is 0 Å². The van der Waals surface area contributed by atoms with E-state index in [0.717, 1.165) is 5.56 Å². The van der Waals surface area contributed by atoms with Gasteiger partial charge < -0.3 is 10.5 Å². The standard InChI is InChI=1S/C15H15F2NO/c1-11-6-5-9-13(18)14(11)19-10-15(16,17)12-7-3-2-4-8-12/h2-9H,10,18H2,1H3. The van der Waals surface area contributed by atoms with E-state index >= 15 is 0 Å². The van der Waals surface area contributed by atoms with Gasteiger partial charge in [0.05, 0.1) is 5.69 Å². The fourth-order valence-electron chi connectivity index (χ4n) is 1.80. The van der Waals surface area contributed by atoms with E-state index in [9.17, 15) is 8.78 Å². The van der Waals surface area contributed by atoms with Gasteiger partial charge in [-0.25, -0.2) is 0 Å². The minimum Gasteiger partial charge on any atom is -0.484 e. The molecular weight excluding hydrogens is 248 g/mol. The van der Waals surface area contributed by atoms with Crippen LogP contribution in [0.4, 0.5) is 14.5 Å². The summed E-state index contributed by atoms with van der Waals surface area (Å²) in [5, 5.41) is 0. The molecule has 19 heavy (non-hydrogen) atoms. The Balaban J connectivity index is 2.14. The molecular formula is C15H15F2NO. The summed E-state index contributed by atoms with van der Waals surface area (Å²) in [5.74, 6) is -2.73. The predicted molar refractivity (Wildman–Crippen MR) is 71.4 cm³/mol. The molecule has 0 aliphatic carbocycles. The van der Waals surface area contributed by atoms with Crippen LogP contribution in [-0.2, 0) is 5.92 Å². The lowest BCUT2D eigenvalue weighted by Crippen LogP contribution is -2.23. The lowest BCUT2D eigenvalue weighted by Gasteiger charge is -2.19. The molecule has 2 N–H and O–H groups in total. The predicted octanol–water partition coefficient (Wildman–Crippen LogP) is 3.75. The lowest BCUT2D eigenvalue weighted by atomic mass is 10.1. The first-order chi connectivity index (χ1) is 9.00. The minimum atomic E-state index is -3.05. The number of hydrogen-bond donors (Lipinski definition) is 1. The highest BCUT2D eigenvalue weighted by atomic mass is 19.3. The van der Waals surface area contributed by atoms with E-state index in [1.807, 2.05) is 0 Å². The molecule has 0 aromatic heterocycles. The average molecular weight is 263 g/mol. The van der Waals surface area contributed by atoms with Crippen LogP contribution in [0.2, 0.25) is 0 Å². The Labute approximate surface area is 110 Å². The topological polar surface area (TPSA) is 35.2 Å². The lowest BCUT2D eigenvalue weighted by molar-refractivity contribution is -0.0466. The summed E-state index contributed by atoms with van der Waals surface area (Å²) in [7, 11) is 0. The molecule has 0 saturated heterocycles. The molecule has 0 aliphatic rings. The summed E-state index contributed by atoms with van der Waals surface area (Å²) in [4.78, 5) is 0. The highest BCUT2D eigenvalue weighted by molar-refractivity contribution is 5.56. The van der Waals surface area contributed by atoms with Crippen LogP contribution in [0.5, 0.6) is 5.75 Å². The monoisotopic (exact) mass is 263 g/mol. The Kier molecular flexibility index (Phi) is 3.69. The molecule has 0 heterocycles. The van der Waals surface area contributed by atoms with Crippen molar-refractivity contribution in [1.29, 1.82) is 0 Å². The van der Waals surface area contributed by atoms with Gasteiger partial charge in [-0.3, -0.25) is 0 Å². The molecule has 2 nitrogen and oxygen atoms in total. The van der Waals surface area contributed by atoms with Crippen molar-refractivity contribution < 1.29 is 13.5 Å². The number of ether oxygens (including phenoxy) is 1. The van der Waals surface area contributed by atoms with E-state index in [2.05, 4.69) is 0 Å². The first-order valence-electron chi connectivity index (χ1n) is 5.92. The third-order valence-electron chi connectivity index (χ3n) is 2.84. The zero-order valence-corrected chi connectivity index (χ0v) is 10.6. The van der Waals surface area contributed by atoms with E-state index in [0.29, 0.717) is 11.4 Å². The van der Waals surface area contributed by atoms with Crippen molar-refractivity contribution in [3.8, 4) is 5.75 Å². The summed E-state index contributed by atoms with van der Waals surface area (Å²) < 4.78 is 33.1. The summed E-state index contributed by atoms with van der Waals surface area (Å²) in [5.41, 5.74) is 6.76. The summed E-state index contributed by atoms with van der Waals surface area (Å²) >= 11 is 0. The minimum absolute atomic E-state index is 0.0674. The van der Waals surface area contributed by atoms with E-state index in [1.165, 1.54) is 12.1 Å². The van der Waals surface area contributed by atoms with Crippen LogP contribution < -0.4 is 10.5 Å². The third kappa shape index (κ3) is 3.02. The second-order valence-corrected chi connectivity index (χ2v) is 4.35. The highest BCUT2D eigenvalue weighted by Crippen LogP contribution is 2.31. The molecule has 0 fully saturated rings. The Bertz CT molecular complexity index is 535. The molecule has 0 amide bonds. The van der Waals surface area contributed by atoms with E-state index < -0.39 is 12.5 Å². The number of halogens is 2. The number of aryl methyl sites for hydroxylation is 1. The first kappa shape index (κ1) is 13.3. The van der Waals surface area contributed by atoms with Crippen molar-refractivity contribution in [3.05, 3.63) is 59.7 Å². The van der Waals surface area contributed by atoms with Crippen LogP contribution in [0.3, 0.4) is 0 Å². The van der Waals surface area contributed by atoms with Crippen molar-refractivity contribution in [2.24, 2.45) is 0 Å². The average Bonchev–Trinajstić information content (AvgIpc) is 2.39. The maximum Gasteiger partial charge on any atom is 0.306 e. The molecule has 0 spiro atoms. The fourth-order valence-corrected chi connectivity index (χ4v) is 1.80. The molecule has 0 bridgehead atoms. The number of benzene rings is 2. The molecule has 2 rings (SSSR count). The van der Waals surface area contributed by atoms with E-state index in [1.54, 1.807) is 43.3 Å². The SMILES string of the molecule is Cc1cccc(N)c1OCC(F)(F)c1ccccc1. The van der Waals surface area contributed by atoms with E-state index in [4.69, 9.17) is 10.5 Å². The van der Waals surface area contributed by atoms with Gasteiger partial charge in [0.15, 0.2) is 6.61 Å².